The maximum atomic E-state index is 13.9. The highest BCUT2D eigenvalue weighted by Crippen LogP contribution is 2.40. The van der Waals surface area contributed by atoms with E-state index in [0.717, 1.165) is 69.2 Å². The molecule has 4 aliphatic heterocycles. The van der Waals surface area contributed by atoms with Gasteiger partial charge in [-0.05, 0) is 16.7 Å². The first-order chi connectivity index (χ1) is 47.7. The van der Waals surface area contributed by atoms with Crippen LogP contribution in [0.4, 0.5) is 0 Å². The van der Waals surface area contributed by atoms with Gasteiger partial charge in [0.15, 0.2) is 74.0 Å². The van der Waals surface area contributed by atoms with Crippen molar-refractivity contribution in [1.29, 1.82) is 0 Å². The molecule has 100 heavy (non-hydrogen) atoms. The SMILES string of the molecule is CC(=O)OC[C@H]1O[C@@H](OC[C@H]2O[C@H](OCc3ccccc3)[C@H](OCc3ccccc3)[C@@H](O[C@@H]3O[C@H](COC(C)=O)[C@@H](OC(C)=O)[C@H](O[C@@H]4O[C@H](COC(C)=O)[C@@H](OC(C)=O)[C@H](OC(=O)CCl)[C@H]4OC(C)=O)[C@H]3OC(C)=O)[C@@H]2OCc2ccccc2)[C@H](OC(C)=O)[C@@H](OC(C)=O)[C@@H]1OC(C)=O. The molecule has 7 rings (SSSR count). The van der Waals surface area contributed by atoms with Gasteiger partial charge in [0.1, 0.15) is 74.5 Å². The van der Waals surface area contributed by atoms with Gasteiger partial charge in [-0.2, -0.15) is 0 Å². The molecule has 33 heteroatoms. The Hall–Kier alpha value is -8.28. The van der Waals surface area contributed by atoms with E-state index in [9.17, 15) is 52.7 Å². The van der Waals surface area contributed by atoms with Crippen molar-refractivity contribution in [3.05, 3.63) is 108 Å². The number of halogens is 1. The first-order valence-corrected chi connectivity index (χ1v) is 32.1. The minimum atomic E-state index is -2.13. The number of hydrogen-bond acceptors (Lipinski definition) is 32. The maximum Gasteiger partial charge on any atom is 0.321 e. The van der Waals surface area contributed by atoms with Gasteiger partial charge >= 0.3 is 65.7 Å². The Morgan fingerprint density at radius 3 is 0.940 bits per heavy atom. The Labute approximate surface area is 579 Å². The molecule has 4 saturated heterocycles. The van der Waals surface area contributed by atoms with Crippen molar-refractivity contribution < 1.29 is 152 Å². The molecule has 0 radical (unpaired) electrons. The van der Waals surface area contributed by atoms with E-state index in [0.29, 0.717) is 16.7 Å². The molecule has 0 spiro atoms. The average Bonchev–Trinajstić information content (AvgIpc) is 0.767. The summed E-state index contributed by atoms with van der Waals surface area (Å²) < 4.78 is 130. The summed E-state index contributed by atoms with van der Waals surface area (Å²) in [4.78, 5) is 143. The van der Waals surface area contributed by atoms with Crippen LogP contribution >= 0.6 is 11.6 Å². The van der Waals surface area contributed by atoms with Crippen LogP contribution in [0.1, 0.15) is 85.9 Å². The van der Waals surface area contributed by atoms with Gasteiger partial charge < -0.3 is 99.5 Å². The fourth-order valence-electron chi connectivity index (χ4n) is 11.2. The quantitative estimate of drug-likeness (QED) is 0.0506. The molecule has 3 aromatic carbocycles. The van der Waals surface area contributed by atoms with E-state index in [2.05, 4.69) is 0 Å². The highest BCUT2D eigenvalue weighted by Gasteiger charge is 2.61. The van der Waals surface area contributed by atoms with E-state index in [-0.39, 0.29) is 19.8 Å². The Bertz CT molecular complexity index is 3230. The smallest absolute Gasteiger partial charge is 0.321 e. The van der Waals surface area contributed by atoms with Crippen molar-refractivity contribution in [1.82, 2.24) is 0 Å². The van der Waals surface area contributed by atoms with Gasteiger partial charge in [-0.1, -0.05) is 91.0 Å². The lowest BCUT2D eigenvalue weighted by molar-refractivity contribution is -0.389. The molecule has 548 valence electrons. The molecule has 0 saturated carbocycles. The summed E-state index contributed by atoms with van der Waals surface area (Å²) in [6.07, 6.45) is -35.4. The molecule has 0 aliphatic carbocycles. The molecular formula is C67H81ClO32. The van der Waals surface area contributed by atoms with Crippen LogP contribution in [0.2, 0.25) is 0 Å². The van der Waals surface area contributed by atoms with Crippen molar-refractivity contribution in [2.24, 2.45) is 0 Å². The van der Waals surface area contributed by atoms with Crippen molar-refractivity contribution >= 4 is 77.3 Å². The van der Waals surface area contributed by atoms with Crippen LogP contribution in [0.25, 0.3) is 0 Å². The van der Waals surface area contributed by atoms with E-state index in [1.807, 2.05) is 0 Å². The summed E-state index contributed by atoms with van der Waals surface area (Å²) in [6.45, 7) is 6.74. The van der Waals surface area contributed by atoms with Gasteiger partial charge in [-0.25, -0.2) is 0 Å². The fourth-order valence-corrected chi connectivity index (χ4v) is 11.3. The molecule has 0 unspecified atom stereocenters. The predicted molar refractivity (Wildman–Crippen MR) is 331 cm³/mol. The minimum Gasteiger partial charge on any atom is -0.463 e. The summed E-state index contributed by atoms with van der Waals surface area (Å²) in [5.74, 6) is -11.4. The lowest BCUT2D eigenvalue weighted by Gasteiger charge is -2.51. The number of carbonyl (C=O) groups is 11. The summed E-state index contributed by atoms with van der Waals surface area (Å²) in [6, 6.07) is 26.3. The monoisotopic (exact) mass is 1430 g/mol. The fraction of sp³-hybridized carbons (Fsp3) is 0.567. The van der Waals surface area contributed by atoms with Crippen molar-refractivity contribution in [2.75, 3.05) is 32.3 Å². The molecule has 0 bridgehead atoms. The van der Waals surface area contributed by atoms with Gasteiger partial charge in [-0.15, -0.1) is 11.6 Å². The van der Waals surface area contributed by atoms with Crippen molar-refractivity contribution in [3.8, 4) is 0 Å². The van der Waals surface area contributed by atoms with Crippen LogP contribution in [-0.4, -0.2) is 221 Å². The second kappa shape index (κ2) is 38.5. The third-order valence-electron chi connectivity index (χ3n) is 15.0. The Balaban J connectivity index is 1.44. The molecule has 20 atom stereocenters. The van der Waals surface area contributed by atoms with E-state index in [1.165, 1.54) is 0 Å². The third-order valence-corrected chi connectivity index (χ3v) is 15.3. The topological polar surface area (TPSA) is 382 Å². The third kappa shape index (κ3) is 23.7. The normalized spacial score (nSPS) is 29.4. The molecule has 3 aromatic rings. The van der Waals surface area contributed by atoms with Gasteiger partial charge in [0.05, 0.1) is 26.4 Å². The van der Waals surface area contributed by atoms with Gasteiger partial charge in [-0.3, -0.25) is 52.7 Å². The first-order valence-electron chi connectivity index (χ1n) is 31.5. The zero-order valence-electron chi connectivity index (χ0n) is 56.3. The number of carbonyl (C=O) groups excluding carboxylic acids is 11. The molecule has 4 fully saturated rings. The van der Waals surface area contributed by atoms with Crippen LogP contribution in [-0.2, 0) is 172 Å². The second-order valence-corrected chi connectivity index (χ2v) is 23.3. The highest BCUT2D eigenvalue weighted by atomic mass is 35.5. The summed E-state index contributed by atoms with van der Waals surface area (Å²) >= 11 is 5.95. The van der Waals surface area contributed by atoms with Crippen LogP contribution in [0.5, 0.6) is 0 Å². The molecule has 0 amide bonds. The standard InChI is InChI=1S/C67H81ClO32/c1-34(69)80-30-48-53(87-37(4)72)57(90-40(7)75)61(91-41(8)76)65(95-48)86-33-47-52(83-27-44-20-14-11-15-21-44)56(60(84-28-45-22-16-12-17-23-45)64(94-47)85-29-46-24-18-13-19-25-46)99-67-63(93-43(10)78)59(55(89-39(6)74)50(97-67)32-82-36(3)71)100-66-62(92-42(9)77)58(98-51(79)26-68)54(88-38(5)73)49(96-66)31-81-35(2)70/h11-25,47-50,52-67H,26-33H2,1-10H3/t47-,48-,49-,50-,52-,53-,54-,55-,56+,57+,58+,59+,60-,61-,62-,63-,64+,65-,66+,67+/m1/s1. The number of alkyl halides is 1. The van der Waals surface area contributed by atoms with Gasteiger partial charge in [0, 0.05) is 69.2 Å². The second-order valence-electron chi connectivity index (χ2n) is 23.0. The Morgan fingerprint density at radius 1 is 0.290 bits per heavy atom. The van der Waals surface area contributed by atoms with Gasteiger partial charge in [0.2, 0.25) is 0 Å². The van der Waals surface area contributed by atoms with Gasteiger partial charge in [0.25, 0.3) is 0 Å². The molecule has 32 nitrogen and oxygen atoms in total. The predicted octanol–water partition coefficient (Wildman–Crippen LogP) is 3.42. The number of hydrogen-bond donors (Lipinski definition) is 0. The molecular weight excluding hydrogens is 1350 g/mol. The summed E-state index contributed by atoms with van der Waals surface area (Å²) in [5, 5.41) is 0. The van der Waals surface area contributed by atoms with E-state index < -0.39 is 221 Å². The lowest BCUT2D eigenvalue weighted by atomic mass is 9.95. The lowest BCUT2D eigenvalue weighted by Crippen LogP contribution is -2.69. The zero-order valence-corrected chi connectivity index (χ0v) is 57.1. The molecule has 4 aliphatic rings. The summed E-state index contributed by atoms with van der Waals surface area (Å²) in [5.41, 5.74) is 1.81. The maximum absolute atomic E-state index is 13.9. The first kappa shape index (κ1) is 79.1. The van der Waals surface area contributed by atoms with Crippen LogP contribution in [0, 0.1) is 0 Å². The van der Waals surface area contributed by atoms with Crippen LogP contribution in [0.15, 0.2) is 91.0 Å². The van der Waals surface area contributed by atoms with E-state index >= 15 is 0 Å². The average molecular weight is 1430 g/mol. The van der Waals surface area contributed by atoms with E-state index in [4.69, 9.17) is 111 Å². The van der Waals surface area contributed by atoms with E-state index in [1.54, 1.807) is 91.0 Å². The van der Waals surface area contributed by atoms with Crippen molar-refractivity contribution in [2.45, 2.75) is 212 Å². The number of esters is 11. The number of rotatable bonds is 31. The molecule has 0 N–H and O–H groups in total. The largest absolute Gasteiger partial charge is 0.463 e. The van der Waals surface area contributed by atoms with Crippen LogP contribution < -0.4 is 0 Å². The molecule has 4 heterocycles. The van der Waals surface area contributed by atoms with Crippen molar-refractivity contribution in [3.63, 3.8) is 0 Å². The summed E-state index contributed by atoms with van der Waals surface area (Å²) in [7, 11) is 0. The number of ether oxygens (including phenoxy) is 21. The Kier molecular flexibility index (Phi) is 30.4. The minimum absolute atomic E-state index is 0.185. The van der Waals surface area contributed by atoms with Crippen LogP contribution in [0.3, 0.4) is 0 Å². The zero-order chi connectivity index (χ0) is 72.7. The highest BCUT2D eigenvalue weighted by molar-refractivity contribution is 6.26. The number of benzene rings is 3. The Morgan fingerprint density at radius 2 is 0.570 bits per heavy atom. The molecule has 0 aromatic heterocycles.